The fraction of sp³-hybridized carbons (Fsp3) is 0.429. The topological polar surface area (TPSA) is 95.3 Å². The van der Waals surface area contributed by atoms with Gasteiger partial charge in [0.1, 0.15) is 5.75 Å². The lowest BCUT2D eigenvalue weighted by molar-refractivity contribution is -0.0498. The van der Waals surface area contributed by atoms with Gasteiger partial charge in [-0.25, -0.2) is 13.1 Å². The first kappa shape index (κ1) is 19.1. The second kappa shape index (κ2) is 7.74. The van der Waals surface area contributed by atoms with Crippen LogP contribution in [0.1, 0.15) is 25.7 Å². The van der Waals surface area contributed by atoms with Crippen molar-refractivity contribution in [2.75, 3.05) is 7.11 Å². The van der Waals surface area contributed by atoms with Gasteiger partial charge in [-0.05, 0) is 38.1 Å². The van der Waals surface area contributed by atoms with Gasteiger partial charge in [0.2, 0.25) is 10.0 Å². The maximum absolute atomic E-state index is 12.4. The third-order valence-electron chi connectivity index (χ3n) is 3.32. The van der Waals surface area contributed by atoms with Crippen molar-refractivity contribution >= 4 is 10.0 Å². The highest BCUT2D eigenvalue weighted by molar-refractivity contribution is 7.89. The molecule has 0 aliphatic heterocycles. The van der Waals surface area contributed by atoms with Crippen LogP contribution in [0, 0.1) is 0 Å². The smallest absolute Gasteiger partial charge is 0.387 e. The molecule has 2 rings (SSSR count). The molecule has 0 amide bonds. The molecule has 2 aromatic rings. The van der Waals surface area contributed by atoms with Crippen LogP contribution in [0.3, 0.4) is 0 Å². The highest BCUT2D eigenvalue weighted by Crippen LogP contribution is 2.21. The van der Waals surface area contributed by atoms with Gasteiger partial charge in [-0.2, -0.15) is 8.78 Å². The summed E-state index contributed by atoms with van der Waals surface area (Å²) >= 11 is 0. The zero-order valence-electron chi connectivity index (χ0n) is 13.8. The zero-order chi connectivity index (χ0) is 18.6. The average molecular weight is 376 g/mol. The molecule has 0 unspecified atom stereocenters. The Hall–Kier alpha value is -2.27. The van der Waals surface area contributed by atoms with E-state index >= 15 is 0 Å². The number of methoxy groups -OCH3 is 1. The summed E-state index contributed by atoms with van der Waals surface area (Å²) in [6, 6.07) is 4.26. The number of halogens is 2. The van der Waals surface area contributed by atoms with Crippen molar-refractivity contribution in [3.63, 3.8) is 0 Å². The number of benzene rings is 1. The number of ether oxygens (including phenoxy) is 2. The number of hydrogen-bond donors (Lipinski definition) is 1. The van der Waals surface area contributed by atoms with E-state index in [2.05, 4.69) is 19.7 Å². The molecule has 8 nitrogen and oxygen atoms in total. The second-order valence-corrected chi connectivity index (χ2v) is 6.70. The molecule has 0 saturated carbocycles. The van der Waals surface area contributed by atoms with Crippen LogP contribution in [0.4, 0.5) is 8.78 Å². The van der Waals surface area contributed by atoms with Crippen molar-refractivity contribution < 1.29 is 26.7 Å². The maximum Gasteiger partial charge on any atom is 0.387 e. The predicted molar refractivity (Wildman–Crippen MR) is 84.1 cm³/mol. The standard InChI is InChI=1S/C14H18F2N4O4S/c1-4-20-12(17-18-14(20)23-3)9(2)19-25(21,22)11-7-5-10(6-8-11)24-13(15)16/h5-9,13,19H,4H2,1-3H3/t9-/m1/s1. The van der Waals surface area contributed by atoms with Gasteiger partial charge >= 0.3 is 12.6 Å². The molecule has 1 atom stereocenters. The maximum atomic E-state index is 12.4. The minimum absolute atomic E-state index is 0.0875. The summed E-state index contributed by atoms with van der Waals surface area (Å²) in [5.41, 5.74) is 0. The second-order valence-electron chi connectivity index (χ2n) is 4.98. The van der Waals surface area contributed by atoms with E-state index < -0.39 is 22.7 Å². The quantitative estimate of drug-likeness (QED) is 0.757. The van der Waals surface area contributed by atoms with E-state index in [0.29, 0.717) is 12.4 Å². The van der Waals surface area contributed by atoms with Crippen LogP contribution in [0.2, 0.25) is 0 Å². The molecule has 1 aromatic carbocycles. The molecule has 0 radical (unpaired) electrons. The summed E-state index contributed by atoms with van der Waals surface area (Å²) in [5, 5.41) is 7.78. The molecule has 1 aromatic heterocycles. The summed E-state index contributed by atoms with van der Waals surface area (Å²) < 4.78 is 62.5. The summed E-state index contributed by atoms with van der Waals surface area (Å²) in [5.74, 6) is 0.262. The lowest BCUT2D eigenvalue weighted by Crippen LogP contribution is -2.29. The largest absolute Gasteiger partial charge is 0.467 e. The molecular weight excluding hydrogens is 358 g/mol. The molecule has 138 valence electrons. The molecule has 1 heterocycles. The normalized spacial score (nSPS) is 13.0. The third kappa shape index (κ3) is 4.42. The van der Waals surface area contributed by atoms with Gasteiger partial charge in [-0.15, -0.1) is 5.10 Å². The predicted octanol–water partition coefficient (Wildman–Crippen LogP) is 1.95. The molecule has 0 spiro atoms. The minimum atomic E-state index is -3.89. The Bertz CT molecular complexity index is 809. The van der Waals surface area contributed by atoms with E-state index in [-0.39, 0.29) is 16.7 Å². The Kier molecular flexibility index (Phi) is 5.90. The Balaban J connectivity index is 2.19. The van der Waals surface area contributed by atoms with Crippen molar-refractivity contribution in [3.8, 4) is 11.8 Å². The Labute approximate surface area is 143 Å². The summed E-state index contributed by atoms with van der Waals surface area (Å²) in [7, 11) is -2.45. The SMILES string of the molecule is CCn1c(OC)nnc1[C@@H](C)NS(=O)(=O)c1ccc(OC(F)F)cc1. The number of nitrogens with zero attached hydrogens (tertiary/aromatic N) is 3. The van der Waals surface area contributed by atoms with E-state index in [9.17, 15) is 17.2 Å². The number of rotatable bonds is 8. The molecule has 0 bridgehead atoms. The van der Waals surface area contributed by atoms with Crippen LogP contribution in [0.5, 0.6) is 11.8 Å². The molecule has 0 saturated heterocycles. The Morgan fingerprint density at radius 2 is 1.88 bits per heavy atom. The molecule has 1 N–H and O–H groups in total. The van der Waals surface area contributed by atoms with Gasteiger partial charge in [0.25, 0.3) is 0 Å². The molecule has 0 fully saturated rings. The Morgan fingerprint density at radius 1 is 1.24 bits per heavy atom. The van der Waals surface area contributed by atoms with Gasteiger partial charge < -0.3 is 9.47 Å². The van der Waals surface area contributed by atoms with Crippen molar-refractivity contribution in [1.29, 1.82) is 0 Å². The summed E-state index contributed by atoms with van der Waals surface area (Å²) in [6.07, 6.45) is 0. The van der Waals surface area contributed by atoms with Crippen molar-refractivity contribution in [2.45, 2.75) is 37.9 Å². The van der Waals surface area contributed by atoms with E-state index in [1.807, 2.05) is 6.92 Å². The van der Waals surface area contributed by atoms with Gasteiger partial charge in [0, 0.05) is 6.54 Å². The van der Waals surface area contributed by atoms with Crippen LogP contribution >= 0.6 is 0 Å². The Morgan fingerprint density at radius 3 is 2.40 bits per heavy atom. The van der Waals surface area contributed by atoms with Crippen molar-refractivity contribution in [3.05, 3.63) is 30.1 Å². The van der Waals surface area contributed by atoms with Crippen LogP contribution in [0.25, 0.3) is 0 Å². The van der Waals surface area contributed by atoms with E-state index in [0.717, 1.165) is 12.1 Å². The minimum Gasteiger partial charge on any atom is -0.467 e. The van der Waals surface area contributed by atoms with E-state index in [1.165, 1.54) is 19.2 Å². The van der Waals surface area contributed by atoms with Gasteiger partial charge in [-0.3, -0.25) is 4.57 Å². The van der Waals surface area contributed by atoms with Crippen LogP contribution < -0.4 is 14.2 Å². The fourth-order valence-corrected chi connectivity index (χ4v) is 3.42. The monoisotopic (exact) mass is 376 g/mol. The lowest BCUT2D eigenvalue weighted by atomic mass is 10.3. The van der Waals surface area contributed by atoms with E-state index in [4.69, 9.17) is 4.74 Å². The zero-order valence-corrected chi connectivity index (χ0v) is 14.6. The highest BCUT2D eigenvalue weighted by atomic mass is 32.2. The van der Waals surface area contributed by atoms with Gasteiger partial charge in [0.15, 0.2) is 5.82 Å². The van der Waals surface area contributed by atoms with Crippen LogP contribution in [-0.4, -0.2) is 36.9 Å². The average Bonchev–Trinajstić information content (AvgIpc) is 2.97. The number of sulfonamides is 1. The van der Waals surface area contributed by atoms with Gasteiger partial charge in [-0.1, -0.05) is 5.10 Å². The summed E-state index contributed by atoms with van der Waals surface area (Å²) in [6.45, 7) is 0.979. The number of alkyl halides is 2. The molecule has 0 aliphatic rings. The lowest BCUT2D eigenvalue weighted by Gasteiger charge is -2.15. The first-order chi connectivity index (χ1) is 11.8. The number of nitrogens with one attached hydrogen (secondary N) is 1. The molecule has 11 heteroatoms. The van der Waals surface area contributed by atoms with Crippen LogP contribution in [-0.2, 0) is 16.6 Å². The van der Waals surface area contributed by atoms with Crippen molar-refractivity contribution in [2.24, 2.45) is 0 Å². The van der Waals surface area contributed by atoms with E-state index in [1.54, 1.807) is 11.5 Å². The summed E-state index contributed by atoms with van der Waals surface area (Å²) in [4.78, 5) is -0.0875. The van der Waals surface area contributed by atoms with Gasteiger partial charge in [0.05, 0.1) is 18.0 Å². The highest BCUT2D eigenvalue weighted by Gasteiger charge is 2.23. The van der Waals surface area contributed by atoms with Crippen molar-refractivity contribution in [1.82, 2.24) is 19.5 Å². The third-order valence-corrected chi connectivity index (χ3v) is 4.88. The molecular formula is C14H18F2N4O4S. The first-order valence-electron chi connectivity index (χ1n) is 7.32. The molecule has 0 aliphatic carbocycles. The molecule has 25 heavy (non-hydrogen) atoms. The van der Waals surface area contributed by atoms with Crippen LogP contribution in [0.15, 0.2) is 29.2 Å². The fourth-order valence-electron chi connectivity index (χ4n) is 2.22. The first-order valence-corrected chi connectivity index (χ1v) is 8.81. The number of aromatic nitrogens is 3. The number of hydrogen-bond acceptors (Lipinski definition) is 6.